The van der Waals surface area contributed by atoms with E-state index in [2.05, 4.69) is 15.6 Å². The molecule has 2 N–H and O–H groups in total. The maximum atomic E-state index is 12.5. The van der Waals surface area contributed by atoms with Gasteiger partial charge in [-0.2, -0.15) is 0 Å². The molecule has 0 fully saturated rings. The quantitative estimate of drug-likeness (QED) is 0.875. The molecular weight excluding hydrogens is 316 g/mol. The van der Waals surface area contributed by atoms with Crippen molar-refractivity contribution in [2.75, 3.05) is 12.4 Å². The second kappa shape index (κ2) is 8.28. The Bertz CT molecular complexity index is 733. The van der Waals surface area contributed by atoms with Gasteiger partial charge in [0, 0.05) is 25.9 Å². The van der Waals surface area contributed by atoms with Gasteiger partial charge in [-0.05, 0) is 43.7 Å². The summed E-state index contributed by atoms with van der Waals surface area (Å²) >= 11 is 0. The molecule has 1 aromatic carbocycles. The van der Waals surface area contributed by atoms with Crippen molar-refractivity contribution in [1.29, 1.82) is 0 Å². The van der Waals surface area contributed by atoms with Crippen LogP contribution in [0.4, 0.5) is 10.5 Å². The summed E-state index contributed by atoms with van der Waals surface area (Å²) < 4.78 is 0. The molecule has 0 radical (unpaired) electrons. The topological polar surface area (TPSA) is 74.3 Å². The maximum absolute atomic E-state index is 12.5. The molecular formula is C19H24N4O2. The van der Waals surface area contributed by atoms with Gasteiger partial charge >= 0.3 is 6.03 Å². The highest BCUT2D eigenvalue weighted by Crippen LogP contribution is 2.20. The number of rotatable bonds is 5. The molecule has 132 valence electrons. The number of benzene rings is 1. The third kappa shape index (κ3) is 5.04. The Hall–Kier alpha value is -2.89. The maximum Gasteiger partial charge on any atom is 0.318 e. The minimum atomic E-state index is -0.195. The van der Waals surface area contributed by atoms with E-state index in [0.29, 0.717) is 5.69 Å². The number of urea groups is 1. The zero-order valence-corrected chi connectivity index (χ0v) is 15.0. The van der Waals surface area contributed by atoms with Gasteiger partial charge in [-0.1, -0.05) is 18.2 Å². The average molecular weight is 340 g/mol. The predicted molar refractivity (Wildman–Crippen MR) is 98.1 cm³/mol. The van der Waals surface area contributed by atoms with Crippen molar-refractivity contribution in [2.45, 2.75) is 32.9 Å². The summed E-state index contributed by atoms with van der Waals surface area (Å²) in [6.07, 6.45) is 1.72. The van der Waals surface area contributed by atoms with Crippen LogP contribution in [0.15, 0.2) is 48.7 Å². The van der Waals surface area contributed by atoms with Gasteiger partial charge in [0.15, 0.2) is 0 Å². The summed E-state index contributed by atoms with van der Waals surface area (Å²) in [5.74, 6) is -0.127. The molecule has 6 nitrogen and oxygen atoms in total. The Morgan fingerprint density at radius 2 is 1.88 bits per heavy atom. The van der Waals surface area contributed by atoms with Crippen LogP contribution in [0.3, 0.4) is 0 Å². The van der Waals surface area contributed by atoms with Crippen molar-refractivity contribution < 1.29 is 9.59 Å². The second-order valence-electron chi connectivity index (χ2n) is 6.02. The standard InChI is InChI=1S/C19H24N4O2/c1-13(16-8-7-9-17(12-16)22-15(3)24)21-19(25)23(4)14(2)18-10-5-6-11-20-18/h5-14H,1-4H3,(H,21,25)(H,22,24). The first-order chi connectivity index (χ1) is 11.9. The van der Waals surface area contributed by atoms with Gasteiger partial charge in [0.05, 0.1) is 17.8 Å². The van der Waals surface area contributed by atoms with Gasteiger partial charge < -0.3 is 15.5 Å². The van der Waals surface area contributed by atoms with E-state index in [4.69, 9.17) is 0 Å². The Morgan fingerprint density at radius 3 is 2.52 bits per heavy atom. The highest BCUT2D eigenvalue weighted by atomic mass is 16.2. The number of carbonyl (C=O) groups is 2. The molecule has 0 bridgehead atoms. The van der Waals surface area contributed by atoms with Crippen molar-refractivity contribution in [2.24, 2.45) is 0 Å². The smallest absolute Gasteiger partial charge is 0.318 e. The highest BCUT2D eigenvalue weighted by Gasteiger charge is 2.20. The summed E-state index contributed by atoms with van der Waals surface area (Å²) in [4.78, 5) is 29.6. The Morgan fingerprint density at radius 1 is 1.12 bits per heavy atom. The molecule has 0 aliphatic heterocycles. The largest absolute Gasteiger partial charge is 0.331 e. The molecule has 2 unspecified atom stereocenters. The minimum Gasteiger partial charge on any atom is -0.331 e. The SMILES string of the molecule is CC(=O)Nc1cccc(C(C)NC(=O)N(C)C(C)c2ccccn2)c1. The lowest BCUT2D eigenvalue weighted by molar-refractivity contribution is -0.114. The number of hydrogen-bond donors (Lipinski definition) is 2. The fourth-order valence-electron chi connectivity index (χ4n) is 2.46. The van der Waals surface area contributed by atoms with Gasteiger partial charge in [0.1, 0.15) is 0 Å². The molecule has 0 aliphatic carbocycles. The molecule has 0 aliphatic rings. The number of pyridine rings is 1. The van der Waals surface area contributed by atoms with Crippen molar-refractivity contribution >= 4 is 17.6 Å². The molecule has 3 amide bonds. The summed E-state index contributed by atoms with van der Waals surface area (Å²) in [6, 6.07) is 12.6. The summed E-state index contributed by atoms with van der Waals surface area (Å²) in [6.45, 7) is 5.31. The third-order valence-electron chi connectivity index (χ3n) is 4.06. The lowest BCUT2D eigenvalue weighted by Gasteiger charge is -2.27. The number of carbonyl (C=O) groups excluding carboxylic acids is 2. The van der Waals surface area contributed by atoms with E-state index in [-0.39, 0.29) is 24.0 Å². The van der Waals surface area contributed by atoms with E-state index >= 15 is 0 Å². The fraction of sp³-hybridized carbons (Fsp3) is 0.316. The summed E-state index contributed by atoms with van der Waals surface area (Å²) in [7, 11) is 1.75. The van der Waals surface area contributed by atoms with Crippen LogP contribution in [0.1, 0.15) is 44.1 Å². The van der Waals surface area contributed by atoms with Crippen LogP contribution in [0.5, 0.6) is 0 Å². The zero-order chi connectivity index (χ0) is 18.4. The van der Waals surface area contributed by atoms with Crippen LogP contribution in [0, 0.1) is 0 Å². The van der Waals surface area contributed by atoms with E-state index in [0.717, 1.165) is 11.3 Å². The van der Waals surface area contributed by atoms with E-state index in [1.807, 2.05) is 56.3 Å². The highest BCUT2D eigenvalue weighted by molar-refractivity contribution is 5.88. The van der Waals surface area contributed by atoms with Crippen LogP contribution in [-0.4, -0.2) is 28.9 Å². The van der Waals surface area contributed by atoms with Crippen LogP contribution in [-0.2, 0) is 4.79 Å². The Balaban J connectivity index is 2.03. The van der Waals surface area contributed by atoms with Crippen LogP contribution in [0.2, 0.25) is 0 Å². The third-order valence-corrected chi connectivity index (χ3v) is 4.06. The summed E-state index contributed by atoms with van der Waals surface area (Å²) in [5, 5.41) is 5.72. The van der Waals surface area contributed by atoms with E-state index < -0.39 is 0 Å². The molecule has 25 heavy (non-hydrogen) atoms. The molecule has 1 aromatic heterocycles. The van der Waals surface area contributed by atoms with Gasteiger partial charge in [0.2, 0.25) is 5.91 Å². The predicted octanol–water partition coefficient (Wildman–Crippen LogP) is 3.50. The number of nitrogens with zero attached hydrogens (tertiary/aromatic N) is 2. The molecule has 6 heteroatoms. The van der Waals surface area contributed by atoms with Crippen LogP contribution >= 0.6 is 0 Å². The van der Waals surface area contributed by atoms with Crippen LogP contribution in [0.25, 0.3) is 0 Å². The molecule has 2 aromatic rings. The molecule has 1 heterocycles. The molecule has 0 saturated carbocycles. The van der Waals surface area contributed by atoms with Gasteiger partial charge in [-0.15, -0.1) is 0 Å². The van der Waals surface area contributed by atoms with Crippen molar-refractivity contribution in [1.82, 2.24) is 15.2 Å². The lowest BCUT2D eigenvalue weighted by Crippen LogP contribution is -2.40. The molecule has 2 rings (SSSR count). The molecule has 0 spiro atoms. The van der Waals surface area contributed by atoms with Crippen LogP contribution < -0.4 is 10.6 Å². The monoisotopic (exact) mass is 340 g/mol. The van der Waals surface area contributed by atoms with Crippen molar-refractivity contribution in [3.8, 4) is 0 Å². The first-order valence-electron chi connectivity index (χ1n) is 8.20. The number of amides is 3. The Kier molecular flexibility index (Phi) is 6.11. The zero-order valence-electron chi connectivity index (χ0n) is 15.0. The van der Waals surface area contributed by atoms with Gasteiger partial charge in [-0.25, -0.2) is 4.79 Å². The average Bonchev–Trinajstić information content (AvgIpc) is 2.60. The van der Waals surface area contributed by atoms with E-state index in [9.17, 15) is 9.59 Å². The number of aromatic nitrogens is 1. The van der Waals surface area contributed by atoms with Gasteiger partial charge in [-0.3, -0.25) is 9.78 Å². The van der Waals surface area contributed by atoms with Crippen molar-refractivity contribution in [3.05, 3.63) is 59.9 Å². The fourth-order valence-corrected chi connectivity index (χ4v) is 2.46. The molecule has 2 atom stereocenters. The van der Waals surface area contributed by atoms with E-state index in [1.165, 1.54) is 6.92 Å². The first kappa shape index (κ1) is 18.4. The first-order valence-corrected chi connectivity index (χ1v) is 8.20. The normalized spacial score (nSPS) is 12.8. The minimum absolute atomic E-state index is 0.127. The van der Waals surface area contributed by atoms with Crippen molar-refractivity contribution in [3.63, 3.8) is 0 Å². The van der Waals surface area contributed by atoms with E-state index in [1.54, 1.807) is 18.1 Å². The molecule has 0 saturated heterocycles. The summed E-state index contributed by atoms with van der Waals surface area (Å²) in [5.41, 5.74) is 2.46. The number of anilines is 1. The van der Waals surface area contributed by atoms with Gasteiger partial charge in [0.25, 0.3) is 0 Å². The number of hydrogen-bond acceptors (Lipinski definition) is 3. The second-order valence-corrected chi connectivity index (χ2v) is 6.02. The number of nitrogens with one attached hydrogen (secondary N) is 2. The lowest BCUT2D eigenvalue weighted by atomic mass is 10.1. The Labute approximate surface area is 148 Å².